The van der Waals surface area contributed by atoms with Gasteiger partial charge in [-0.05, 0) is 43.5 Å². The Kier molecular flexibility index (Phi) is 4.66. The molecule has 1 aliphatic rings. The number of aromatic hydroxyl groups is 1. The maximum absolute atomic E-state index is 13.5. The summed E-state index contributed by atoms with van der Waals surface area (Å²) in [5.41, 5.74) is 2.66. The summed E-state index contributed by atoms with van der Waals surface area (Å²) < 4.78 is 7.07. The first-order chi connectivity index (χ1) is 13.5. The summed E-state index contributed by atoms with van der Waals surface area (Å²) in [6, 6.07) is 6.95. The fourth-order valence-electron chi connectivity index (χ4n) is 4.02. The topological polar surface area (TPSA) is 89.3 Å². The summed E-state index contributed by atoms with van der Waals surface area (Å²) in [5.74, 6) is 0.888. The van der Waals surface area contributed by atoms with Gasteiger partial charge in [-0.15, -0.1) is 0 Å². The molecular formula is C21H24N4O3. The van der Waals surface area contributed by atoms with Crippen molar-refractivity contribution >= 4 is 17.0 Å². The quantitative estimate of drug-likeness (QED) is 0.718. The number of phenolic OH excluding ortho intramolecular Hbond substituents is 1. The predicted molar refractivity (Wildman–Crippen MR) is 109 cm³/mol. The van der Waals surface area contributed by atoms with E-state index in [9.17, 15) is 9.90 Å². The molecule has 0 radical (unpaired) electrons. The molecule has 4 rings (SSSR count). The maximum atomic E-state index is 13.5. The minimum atomic E-state index is -0.0766. The van der Waals surface area contributed by atoms with Gasteiger partial charge in [0.2, 0.25) is 5.95 Å². The lowest BCUT2D eigenvalue weighted by Crippen LogP contribution is -2.26. The number of aryl methyl sites for hydroxylation is 1. The molecular weight excluding hydrogens is 356 g/mol. The molecule has 2 aromatic heterocycles. The number of nitrogens with one attached hydrogen (secondary N) is 1. The number of ether oxygens (including phenoxy) is 1. The highest BCUT2D eigenvalue weighted by Crippen LogP contribution is 2.34. The van der Waals surface area contributed by atoms with Crippen LogP contribution in [0.25, 0.3) is 22.2 Å². The SMILES string of the molecule is CNc1nc(C)c2cc(-c3ccc(O)c(OC)c3)c(=O)n(C3CCCC3)c2n1. The maximum Gasteiger partial charge on any atom is 0.260 e. The van der Waals surface area contributed by atoms with Gasteiger partial charge >= 0.3 is 0 Å². The largest absolute Gasteiger partial charge is 0.504 e. The number of phenols is 1. The van der Waals surface area contributed by atoms with Crippen LogP contribution >= 0.6 is 0 Å². The van der Waals surface area contributed by atoms with Gasteiger partial charge in [-0.1, -0.05) is 18.9 Å². The molecule has 3 aromatic rings. The molecule has 7 heteroatoms. The van der Waals surface area contributed by atoms with Crippen molar-refractivity contribution in [2.45, 2.75) is 38.6 Å². The van der Waals surface area contributed by atoms with Crippen LogP contribution in [0.4, 0.5) is 5.95 Å². The van der Waals surface area contributed by atoms with E-state index in [0.717, 1.165) is 36.8 Å². The zero-order valence-electron chi connectivity index (χ0n) is 16.3. The standard InChI is InChI=1S/C21H24N4O3/c1-12-15-11-16(13-8-9-17(26)18(10-13)28-3)20(27)25(14-6-4-5-7-14)19(15)24-21(22-2)23-12/h8-11,14,26H,4-7H2,1-3H3,(H,22,23,24). The molecule has 1 aromatic carbocycles. The Morgan fingerprint density at radius 3 is 2.64 bits per heavy atom. The number of pyridine rings is 1. The van der Waals surface area contributed by atoms with Crippen molar-refractivity contribution in [1.29, 1.82) is 0 Å². The first-order valence-electron chi connectivity index (χ1n) is 9.52. The van der Waals surface area contributed by atoms with Crippen molar-refractivity contribution in [3.8, 4) is 22.6 Å². The van der Waals surface area contributed by atoms with E-state index in [2.05, 4.69) is 15.3 Å². The molecule has 7 nitrogen and oxygen atoms in total. The number of hydrogen-bond acceptors (Lipinski definition) is 6. The highest BCUT2D eigenvalue weighted by Gasteiger charge is 2.24. The Hall–Kier alpha value is -3.09. The first kappa shape index (κ1) is 18.3. The Morgan fingerprint density at radius 2 is 1.96 bits per heavy atom. The summed E-state index contributed by atoms with van der Waals surface area (Å²) in [7, 11) is 3.27. The molecule has 146 valence electrons. The smallest absolute Gasteiger partial charge is 0.260 e. The average molecular weight is 380 g/mol. The van der Waals surface area contributed by atoms with Gasteiger partial charge in [-0.3, -0.25) is 9.36 Å². The lowest BCUT2D eigenvalue weighted by atomic mass is 10.0. The van der Waals surface area contributed by atoms with Crippen LogP contribution in [0.2, 0.25) is 0 Å². The van der Waals surface area contributed by atoms with Crippen molar-refractivity contribution in [1.82, 2.24) is 14.5 Å². The van der Waals surface area contributed by atoms with Gasteiger partial charge in [0, 0.05) is 24.0 Å². The zero-order chi connectivity index (χ0) is 19.8. The second kappa shape index (κ2) is 7.14. The molecule has 0 spiro atoms. The Labute approximate surface area is 163 Å². The van der Waals surface area contributed by atoms with Crippen molar-refractivity contribution < 1.29 is 9.84 Å². The summed E-state index contributed by atoms with van der Waals surface area (Å²) in [5, 5.41) is 13.8. The van der Waals surface area contributed by atoms with Crippen molar-refractivity contribution in [2.75, 3.05) is 19.5 Å². The average Bonchev–Trinajstić information content (AvgIpc) is 3.22. The molecule has 0 bridgehead atoms. The lowest BCUT2D eigenvalue weighted by molar-refractivity contribution is 0.373. The van der Waals surface area contributed by atoms with Gasteiger partial charge in [-0.25, -0.2) is 4.98 Å². The summed E-state index contributed by atoms with van der Waals surface area (Å²) in [6.07, 6.45) is 4.15. The number of rotatable bonds is 4. The van der Waals surface area contributed by atoms with Gasteiger partial charge in [0.15, 0.2) is 11.5 Å². The predicted octanol–water partition coefficient (Wildman–Crippen LogP) is 3.64. The number of aromatic nitrogens is 3. The van der Waals surface area contributed by atoms with Crippen molar-refractivity contribution in [2.24, 2.45) is 0 Å². The Bertz CT molecular complexity index is 1100. The van der Waals surface area contributed by atoms with E-state index in [1.165, 1.54) is 7.11 Å². The first-order valence-corrected chi connectivity index (χ1v) is 9.52. The fraction of sp³-hybridized carbons (Fsp3) is 0.381. The number of methoxy groups -OCH3 is 1. The molecule has 2 N–H and O–H groups in total. The molecule has 1 saturated carbocycles. The van der Waals surface area contributed by atoms with Crippen molar-refractivity contribution in [3.63, 3.8) is 0 Å². The number of fused-ring (bicyclic) bond motifs is 1. The highest BCUT2D eigenvalue weighted by molar-refractivity contribution is 5.84. The normalized spacial score (nSPS) is 14.5. The minimum absolute atomic E-state index is 0.0429. The molecule has 0 saturated heterocycles. The molecule has 2 heterocycles. The van der Waals surface area contributed by atoms with E-state index in [4.69, 9.17) is 4.74 Å². The van der Waals surface area contributed by atoms with Crippen LogP contribution in [-0.2, 0) is 0 Å². The van der Waals surface area contributed by atoms with E-state index in [1.807, 2.05) is 17.6 Å². The van der Waals surface area contributed by atoms with E-state index in [0.29, 0.717) is 28.5 Å². The summed E-state index contributed by atoms with van der Waals surface area (Å²) in [6.45, 7) is 1.93. The third-order valence-corrected chi connectivity index (χ3v) is 5.49. The number of hydrogen-bond donors (Lipinski definition) is 2. The van der Waals surface area contributed by atoms with Crippen LogP contribution in [0, 0.1) is 6.92 Å². The second-order valence-corrected chi connectivity index (χ2v) is 7.18. The molecule has 0 aliphatic heterocycles. The van der Waals surface area contributed by atoms with E-state index >= 15 is 0 Å². The Balaban J connectivity index is 2.04. The van der Waals surface area contributed by atoms with Crippen LogP contribution in [0.15, 0.2) is 29.1 Å². The molecule has 0 amide bonds. The zero-order valence-corrected chi connectivity index (χ0v) is 16.3. The van der Waals surface area contributed by atoms with Crippen LogP contribution < -0.4 is 15.6 Å². The molecule has 1 fully saturated rings. The Morgan fingerprint density at radius 1 is 1.21 bits per heavy atom. The molecule has 0 unspecified atom stereocenters. The molecule has 1 aliphatic carbocycles. The fourth-order valence-corrected chi connectivity index (χ4v) is 4.02. The molecule has 0 atom stereocenters. The second-order valence-electron chi connectivity index (χ2n) is 7.18. The molecule has 28 heavy (non-hydrogen) atoms. The van der Waals surface area contributed by atoms with E-state index in [-0.39, 0.29) is 17.4 Å². The van der Waals surface area contributed by atoms with E-state index < -0.39 is 0 Å². The monoisotopic (exact) mass is 380 g/mol. The van der Waals surface area contributed by atoms with E-state index in [1.54, 1.807) is 25.2 Å². The van der Waals surface area contributed by atoms with Crippen LogP contribution in [-0.4, -0.2) is 33.8 Å². The summed E-state index contributed by atoms with van der Waals surface area (Å²) in [4.78, 5) is 22.7. The number of nitrogens with zero attached hydrogens (tertiary/aromatic N) is 3. The van der Waals surface area contributed by atoms with Gasteiger partial charge in [0.25, 0.3) is 5.56 Å². The van der Waals surface area contributed by atoms with Gasteiger partial charge < -0.3 is 15.2 Å². The van der Waals surface area contributed by atoms with Crippen LogP contribution in [0.3, 0.4) is 0 Å². The van der Waals surface area contributed by atoms with Crippen LogP contribution in [0.5, 0.6) is 11.5 Å². The van der Waals surface area contributed by atoms with Gasteiger partial charge in [0.1, 0.15) is 5.65 Å². The van der Waals surface area contributed by atoms with Gasteiger partial charge in [-0.2, -0.15) is 4.98 Å². The number of anilines is 1. The van der Waals surface area contributed by atoms with Gasteiger partial charge in [0.05, 0.1) is 12.8 Å². The van der Waals surface area contributed by atoms with Crippen molar-refractivity contribution in [3.05, 3.63) is 40.3 Å². The third-order valence-electron chi connectivity index (χ3n) is 5.49. The third kappa shape index (κ3) is 2.96. The van der Waals surface area contributed by atoms with Crippen LogP contribution in [0.1, 0.15) is 37.4 Å². The highest BCUT2D eigenvalue weighted by atomic mass is 16.5. The number of benzene rings is 1. The summed E-state index contributed by atoms with van der Waals surface area (Å²) >= 11 is 0. The minimum Gasteiger partial charge on any atom is -0.504 e. The lowest BCUT2D eigenvalue weighted by Gasteiger charge is -2.19.